The van der Waals surface area contributed by atoms with Gasteiger partial charge >= 0.3 is 0 Å². The van der Waals surface area contributed by atoms with Gasteiger partial charge in [0.15, 0.2) is 16.9 Å². The fourth-order valence-corrected chi connectivity index (χ4v) is 5.09. The fourth-order valence-electron chi connectivity index (χ4n) is 4.51. The third-order valence-electron chi connectivity index (χ3n) is 5.86. The van der Waals surface area contributed by atoms with E-state index in [1.54, 1.807) is 7.11 Å². The summed E-state index contributed by atoms with van der Waals surface area (Å²) < 4.78 is 12.1. The van der Waals surface area contributed by atoms with Gasteiger partial charge in [-0.3, -0.25) is 0 Å². The van der Waals surface area contributed by atoms with Crippen molar-refractivity contribution in [1.29, 1.82) is 15.8 Å². The summed E-state index contributed by atoms with van der Waals surface area (Å²) in [5, 5.41) is 30.0. The number of benzene rings is 1. The standard InChI is InChI=1S/C23H23BrN4O2/c1-3-8-30-21-18(24)9-14(10-19(21)29-2)20-16-7-5-4-6-15(16)17(11-25)22(28)23(20,12-26)13-27/h6,9-10,16,20H,3-5,7-8,28H2,1-2H3/t16-,20+/m0/s1. The Morgan fingerprint density at radius 3 is 2.60 bits per heavy atom. The van der Waals surface area contributed by atoms with E-state index in [-0.39, 0.29) is 17.2 Å². The van der Waals surface area contributed by atoms with Gasteiger partial charge in [-0.1, -0.05) is 13.0 Å². The summed E-state index contributed by atoms with van der Waals surface area (Å²) >= 11 is 3.56. The highest BCUT2D eigenvalue weighted by atomic mass is 79.9. The monoisotopic (exact) mass is 466 g/mol. The van der Waals surface area contributed by atoms with Crippen LogP contribution in [0, 0.1) is 45.3 Å². The van der Waals surface area contributed by atoms with Crippen LogP contribution in [0.15, 0.2) is 39.5 Å². The smallest absolute Gasteiger partial charge is 0.191 e. The minimum absolute atomic E-state index is 0.0331. The molecule has 0 radical (unpaired) electrons. The highest BCUT2D eigenvalue weighted by Crippen LogP contribution is 2.57. The van der Waals surface area contributed by atoms with Gasteiger partial charge in [-0.25, -0.2) is 0 Å². The summed E-state index contributed by atoms with van der Waals surface area (Å²) in [6, 6.07) is 10.2. The number of hydrogen-bond donors (Lipinski definition) is 1. The lowest BCUT2D eigenvalue weighted by atomic mass is 9.57. The maximum absolute atomic E-state index is 10.1. The Morgan fingerprint density at radius 1 is 1.27 bits per heavy atom. The molecule has 0 amide bonds. The average Bonchev–Trinajstić information content (AvgIpc) is 2.77. The molecule has 2 aliphatic rings. The van der Waals surface area contributed by atoms with Crippen molar-refractivity contribution in [2.75, 3.05) is 13.7 Å². The molecule has 0 saturated carbocycles. The SMILES string of the molecule is CCCOc1c(Br)cc([C@@H]2[C@H]3CCCC=C3C(C#N)=C(N)C2(C#N)C#N)cc1OC. The summed E-state index contributed by atoms with van der Waals surface area (Å²) in [6.45, 7) is 2.55. The zero-order valence-electron chi connectivity index (χ0n) is 17.0. The molecule has 0 aliphatic heterocycles. The maximum Gasteiger partial charge on any atom is 0.191 e. The largest absolute Gasteiger partial charge is 0.493 e. The van der Waals surface area contributed by atoms with E-state index >= 15 is 0 Å². The summed E-state index contributed by atoms with van der Waals surface area (Å²) in [7, 11) is 1.56. The van der Waals surface area contributed by atoms with Crippen LogP contribution in [0.4, 0.5) is 0 Å². The maximum atomic E-state index is 10.1. The first-order valence-electron chi connectivity index (χ1n) is 9.92. The van der Waals surface area contributed by atoms with E-state index in [1.807, 2.05) is 25.1 Å². The van der Waals surface area contributed by atoms with Crippen molar-refractivity contribution in [2.45, 2.75) is 38.5 Å². The molecule has 0 fully saturated rings. The first-order chi connectivity index (χ1) is 14.5. The average molecular weight is 467 g/mol. The van der Waals surface area contributed by atoms with E-state index < -0.39 is 11.3 Å². The van der Waals surface area contributed by atoms with Gasteiger partial charge < -0.3 is 15.2 Å². The van der Waals surface area contributed by atoms with Crippen LogP contribution in [0.25, 0.3) is 0 Å². The van der Waals surface area contributed by atoms with Crippen LogP contribution in [0.3, 0.4) is 0 Å². The highest BCUT2D eigenvalue weighted by Gasteiger charge is 2.54. The predicted molar refractivity (Wildman–Crippen MR) is 115 cm³/mol. The van der Waals surface area contributed by atoms with Gasteiger partial charge in [-0.15, -0.1) is 0 Å². The number of nitrogens with two attached hydrogens (primary N) is 1. The lowest BCUT2D eigenvalue weighted by Crippen LogP contribution is -2.42. The second-order valence-corrected chi connectivity index (χ2v) is 8.34. The van der Waals surface area contributed by atoms with Crippen molar-refractivity contribution < 1.29 is 9.47 Å². The van der Waals surface area contributed by atoms with Crippen LogP contribution in [-0.2, 0) is 0 Å². The number of allylic oxidation sites excluding steroid dienone is 4. The van der Waals surface area contributed by atoms with Crippen molar-refractivity contribution in [3.63, 3.8) is 0 Å². The normalized spacial score (nSPS) is 22.1. The highest BCUT2D eigenvalue weighted by molar-refractivity contribution is 9.10. The number of methoxy groups -OCH3 is 1. The molecule has 154 valence electrons. The number of fused-ring (bicyclic) bond motifs is 1. The Balaban J connectivity index is 2.27. The molecule has 0 saturated heterocycles. The molecule has 0 bridgehead atoms. The van der Waals surface area contributed by atoms with E-state index in [0.717, 1.165) is 36.8 Å². The molecular formula is C23H23BrN4O2. The first-order valence-corrected chi connectivity index (χ1v) is 10.7. The zero-order valence-corrected chi connectivity index (χ0v) is 18.6. The van der Waals surface area contributed by atoms with Gasteiger partial charge in [0.1, 0.15) is 6.07 Å². The zero-order chi connectivity index (χ0) is 21.9. The molecule has 2 aliphatic carbocycles. The third kappa shape index (κ3) is 3.32. The van der Waals surface area contributed by atoms with E-state index in [0.29, 0.717) is 22.6 Å². The second-order valence-electron chi connectivity index (χ2n) is 7.49. The van der Waals surface area contributed by atoms with Crippen molar-refractivity contribution in [3.05, 3.63) is 45.1 Å². The molecule has 0 aromatic heterocycles. The van der Waals surface area contributed by atoms with Gasteiger partial charge in [-0.2, -0.15) is 15.8 Å². The Kier molecular flexibility index (Phi) is 6.40. The molecule has 0 unspecified atom stereocenters. The summed E-state index contributed by atoms with van der Waals surface area (Å²) in [4.78, 5) is 0. The Labute approximate surface area is 185 Å². The van der Waals surface area contributed by atoms with Gasteiger partial charge in [0.25, 0.3) is 0 Å². The topological polar surface area (TPSA) is 116 Å². The lowest BCUT2D eigenvalue weighted by Gasteiger charge is -2.43. The molecule has 1 aromatic carbocycles. The second kappa shape index (κ2) is 8.82. The number of hydrogen-bond acceptors (Lipinski definition) is 6. The van der Waals surface area contributed by atoms with Crippen molar-refractivity contribution in [2.24, 2.45) is 17.1 Å². The van der Waals surface area contributed by atoms with Crippen LogP contribution < -0.4 is 15.2 Å². The van der Waals surface area contributed by atoms with E-state index in [9.17, 15) is 15.8 Å². The predicted octanol–water partition coefficient (Wildman–Crippen LogP) is 4.84. The van der Waals surface area contributed by atoms with Gasteiger partial charge in [0.05, 0.1) is 41.6 Å². The Morgan fingerprint density at radius 2 is 2.00 bits per heavy atom. The molecule has 0 spiro atoms. The van der Waals surface area contributed by atoms with Crippen LogP contribution in [-0.4, -0.2) is 13.7 Å². The quantitative estimate of drug-likeness (QED) is 0.663. The van der Waals surface area contributed by atoms with Crippen LogP contribution in [0.1, 0.15) is 44.1 Å². The first kappa shape index (κ1) is 21.8. The molecule has 0 heterocycles. The Hall–Kier alpha value is -2.95. The fraction of sp³-hybridized carbons (Fsp3) is 0.435. The van der Waals surface area contributed by atoms with Crippen molar-refractivity contribution in [3.8, 4) is 29.7 Å². The number of rotatable bonds is 5. The van der Waals surface area contributed by atoms with Gasteiger partial charge in [0, 0.05) is 5.92 Å². The minimum Gasteiger partial charge on any atom is -0.493 e. The molecule has 1 aromatic rings. The number of halogens is 1. The number of nitriles is 3. The molecule has 7 heteroatoms. The third-order valence-corrected chi connectivity index (χ3v) is 6.45. The molecule has 3 rings (SSSR count). The molecular weight excluding hydrogens is 444 g/mol. The van der Waals surface area contributed by atoms with Gasteiger partial charge in [0.2, 0.25) is 0 Å². The van der Waals surface area contributed by atoms with Gasteiger partial charge in [-0.05, 0) is 70.8 Å². The van der Waals surface area contributed by atoms with E-state index in [1.165, 1.54) is 0 Å². The van der Waals surface area contributed by atoms with E-state index in [2.05, 4.69) is 34.1 Å². The molecule has 30 heavy (non-hydrogen) atoms. The summed E-state index contributed by atoms with van der Waals surface area (Å²) in [6.07, 6.45) is 5.41. The van der Waals surface area contributed by atoms with Crippen molar-refractivity contribution >= 4 is 15.9 Å². The van der Waals surface area contributed by atoms with E-state index in [4.69, 9.17) is 15.2 Å². The van der Waals surface area contributed by atoms with Crippen LogP contribution in [0.2, 0.25) is 0 Å². The summed E-state index contributed by atoms with van der Waals surface area (Å²) in [5.74, 6) is 0.423. The van der Waals surface area contributed by atoms with Crippen molar-refractivity contribution in [1.82, 2.24) is 0 Å². The van der Waals surface area contributed by atoms with Crippen LogP contribution in [0.5, 0.6) is 11.5 Å². The number of nitrogens with zero attached hydrogens (tertiary/aromatic N) is 3. The van der Waals surface area contributed by atoms with Crippen LogP contribution >= 0.6 is 15.9 Å². The lowest BCUT2D eigenvalue weighted by molar-refractivity contribution is 0.289. The molecule has 6 nitrogen and oxygen atoms in total. The molecule has 2 atom stereocenters. The molecule has 2 N–H and O–H groups in total. The minimum atomic E-state index is -1.64. The Bertz CT molecular complexity index is 1020. The number of ether oxygens (including phenoxy) is 2. The summed E-state index contributed by atoms with van der Waals surface area (Å²) in [5.41, 5.74) is 6.59.